The fourth-order valence-corrected chi connectivity index (χ4v) is 2.35. The Morgan fingerprint density at radius 3 is 2.42 bits per heavy atom. The second-order valence-corrected chi connectivity index (χ2v) is 5.54. The van der Waals surface area contributed by atoms with Crippen molar-refractivity contribution >= 4 is 23.2 Å². The molecule has 2 N–H and O–H groups in total. The first kappa shape index (κ1) is 19.0. The van der Waals surface area contributed by atoms with Crippen LogP contribution in [-0.4, -0.2) is 23.3 Å². The minimum Gasteiger partial charge on any atom is -0.347 e. The number of hydrogen-bond donors (Lipinski definition) is 2. The highest BCUT2D eigenvalue weighted by Gasteiger charge is 2.17. The van der Waals surface area contributed by atoms with Crippen molar-refractivity contribution in [2.24, 2.45) is 0 Å². The third-order valence-electron chi connectivity index (χ3n) is 3.74. The highest BCUT2D eigenvalue weighted by Crippen LogP contribution is 2.23. The number of amides is 2. The van der Waals surface area contributed by atoms with Crippen LogP contribution in [0.4, 0.5) is 15.8 Å². The zero-order chi connectivity index (χ0) is 19.1. The molecule has 0 fully saturated rings. The summed E-state index contributed by atoms with van der Waals surface area (Å²) in [7, 11) is 0. The lowest BCUT2D eigenvalue weighted by molar-refractivity contribution is -0.385. The number of nitro benzene ring substituents is 1. The van der Waals surface area contributed by atoms with Crippen LogP contribution in [0.3, 0.4) is 0 Å². The van der Waals surface area contributed by atoms with Crippen LogP contribution >= 0.6 is 0 Å². The standard InChI is InChI=1S/C18H18FN3O4/c1-2-13-5-8-15(11-16(13)22(25)26)21-18(24)17(23)20-10-9-12-3-6-14(19)7-4-12/h3-8,11H,2,9-10H2,1H3,(H,20,23)(H,21,24). The normalized spacial score (nSPS) is 10.2. The molecule has 0 aliphatic rings. The van der Waals surface area contributed by atoms with Crippen LogP contribution in [0.25, 0.3) is 0 Å². The lowest BCUT2D eigenvalue weighted by Gasteiger charge is -2.08. The maximum Gasteiger partial charge on any atom is 0.313 e. The molecule has 2 rings (SSSR count). The molecule has 136 valence electrons. The lowest BCUT2D eigenvalue weighted by atomic mass is 10.1. The van der Waals surface area contributed by atoms with Gasteiger partial charge in [0.05, 0.1) is 4.92 Å². The highest BCUT2D eigenvalue weighted by molar-refractivity contribution is 6.39. The molecule has 0 unspecified atom stereocenters. The van der Waals surface area contributed by atoms with Gasteiger partial charge in [-0.15, -0.1) is 0 Å². The largest absolute Gasteiger partial charge is 0.347 e. The summed E-state index contributed by atoms with van der Waals surface area (Å²) in [6.07, 6.45) is 0.921. The van der Waals surface area contributed by atoms with Crippen LogP contribution in [0.1, 0.15) is 18.1 Å². The maximum absolute atomic E-state index is 12.8. The Kier molecular flexibility index (Phi) is 6.37. The van der Waals surface area contributed by atoms with Crippen LogP contribution < -0.4 is 10.6 Å². The van der Waals surface area contributed by atoms with E-state index in [0.717, 1.165) is 5.56 Å². The molecule has 0 aliphatic carbocycles. The Labute approximate surface area is 149 Å². The third kappa shape index (κ3) is 5.10. The van der Waals surface area contributed by atoms with Gasteiger partial charge in [0.25, 0.3) is 5.69 Å². The second kappa shape index (κ2) is 8.70. The van der Waals surface area contributed by atoms with Gasteiger partial charge in [-0.2, -0.15) is 0 Å². The number of anilines is 1. The molecule has 2 aromatic carbocycles. The van der Waals surface area contributed by atoms with E-state index in [1.165, 1.54) is 24.3 Å². The van der Waals surface area contributed by atoms with Gasteiger partial charge in [-0.1, -0.05) is 25.1 Å². The third-order valence-corrected chi connectivity index (χ3v) is 3.74. The summed E-state index contributed by atoms with van der Waals surface area (Å²) in [6.45, 7) is 1.99. The van der Waals surface area contributed by atoms with E-state index in [-0.39, 0.29) is 23.7 Å². The Morgan fingerprint density at radius 1 is 1.12 bits per heavy atom. The average Bonchev–Trinajstić information content (AvgIpc) is 2.63. The van der Waals surface area contributed by atoms with Crippen molar-refractivity contribution in [1.29, 1.82) is 0 Å². The van der Waals surface area contributed by atoms with E-state index >= 15 is 0 Å². The monoisotopic (exact) mass is 359 g/mol. The maximum atomic E-state index is 12.8. The number of carbonyl (C=O) groups is 2. The van der Waals surface area contributed by atoms with Crippen molar-refractivity contribution in [2.75, 3.05) is 11.9 Å². The molecule has 8 heteroatoms. The number of hydrogen-bond acceptors (Lipinski definition) is 4. The van der Waals surface area contributed by atoms with Gasteiger partial charge in [0.1, 0.15) is 5.82 Å². The lowest BCUT2D eigenvalue weighted by Crippen LogP contribution is -2.36. The van der Waals surface area contributed by atoms with Gasteiger partial charge in [0.15, 0.2) is 0 Å². The van der Waals surface area contributed by atoms with Crippen molar-refractivity contribution in [3.8, 4) is 0 Å². The Bertz CT molecular complexity index is 822. The van der Waals surface area contributed by atoms with Crippen LogP contribution in [0.5, 0.6) is 0 Å². The molecule has 0 spiro atoms. The van der Waals surface area contributed by atoms with Crippen molar-refractivity contribution in [3.05, 3.63) is 69.5 Å². The fourth-order valence-electron chi connectivity index (χ4n) is 2.35. The van der Waals surface area contributed by atoms with Crippen LogP contribution in [0.2, 0.25) is 0 Å². The van der Waals surface area contributed by atoms with Gasteiger partial charge in [0.2, 0.25) is 0 Å². The molecule has 0 saturated heterocycles. The van der Waals surface area contributed by atoms with E-state index < -0.39 is 16.7 Å². The molecule has 7 nitrogen and oxygen atoms in total. The van der Waals surface area contributed by atoms with Gasteiger partial charge < -0.3 is 10.6 Å². The zero-order valence-electron chi connectivity index (χ0n) is 14.1. The molecule has 0 atom stereocenters. The Hall–Kier alpha value is -3.29. The predicted octanol–water partition coefficient (Wildman–Crippen LogP) is 2.59. The topological polar surface area (TPSA) is 101 Å². The van der Waals surface area contributed by atoms with Gasteiger partial charge in [-0.25, -0.2) is 4.39 Å². The van der Waals surface area contributed by atoms with Crippen LogP contribution in [0, 0.1) is 15.9 Å². The van der Waals surface area contributed by atoms with E-state index in [0.29, 0.717) is 18.4 Å². The first-order valence-electron chi connectivity index (χ1n) is 8.01. The molecule has 0 heterocycles. The molecule has 2 aromatic rings. The number of aryl methyl sites for hydroxylation is 1. The first-order chi connectivity index (χ1) is 12.4. The zero-order valence-corrected chi connectivity index (χ0v) is 14.1. The smallest absolute Gasteiger partial charge is 0.313 e. The molecule has 2 amide bonds. The summed E-state index contributed by atoms with van der Waals surface area (Å²) in [5.41, 5.74) is 1.42. The number of nitrogens with one attached hydrogen (secondary N) is 2. The summed E-state index contributed by atoms with van der Waals surface area (Å²) >= 11 is 0. The minimum absolute atomic E-state index is 0.109. The summed E-state index contributed by atoms with van der Waals surface area (Å²) in [6, 6.07) is 10.1. The fraction of sp³-hybridized carbons (Fsp3) is 0.222. The number of benzene rings is 2. The van der Waals surface area contributed by atoms with Crippen LogP contribution in [-0.2, 0) is 22.4 Å². The van der Waals surface area contributed by atoms with Gasteiger partial charge in [0, 0.05) is 23.9 Å². The quantitative estimate of drug-likeness (QED) is 0.470. The molecule has 0 aliphatic heterocycles. The predicted molar refractivity (Wildman–Crippen MR) is 94.2 cm³/mol. The molecule has 0 saturated carbocycles. The summed E-state index contributed by atoms with van der Waals surface area (Å²) in [5.74, 6) is -2.11. The van der Waals surface area contributed by atoms with Gasteiger partial charge in [-0.05, 0) is 36.6 Å². The van der Waals surface area contributed by atoms with Crippen molar-refractivity contribution < 1.29 is 18.9 Å². The number of halogens is 1. The summed E-state index contributed by atoms with van der Waals surface area (Å²) in [5, 5.41) is 15.8. The minimum atomic E-state index is -0.914. The summed E-state index contributed by atoms with van der Waals surface area (Å²) in [4.78, 5) is 34.2. The molecule has 0 bridgehead atoms. The van der Waals surface area contributed by atoms with E-state index in [2.05, 4.69) is 10.6 Å². The van der Waals surface area contributed by atoms with Gasteiger partial charge in [-0.3, -0.25) is 19.7 Å². The first-order valence-corrected chi connectivity index (χ1v) is 8.01. The highest BCUT2D eigenvalue weighted by atomic mass is 19.1. The van der Waals surface area contributed by atoms with E-state index in [1.54, 1.807) is 25.1 Å². The van der Waals surface area contributed by atoms with Crippen molar-refractivity contribution in [2.45, 2.75) is 19.8 Å². The van der Waals surface area contributed by atoms with E-state index in [1.807, 2.05) is 0 Å². The number of carbonyl (C=O) groups excluding carboxylic acids is 2. The molecular formula is C18H18FN3O4. The molecule has 0 radical (unpaired) electrons. The SMILES string of the molecule is CCc1ccc(NC(=O)C(=O)NCCc2ccc(F)cc2)cc1[N+](=O)[O-]. The average molecular weight is 359 g/mol. The summed E-state index contributed by atoms with van der Waals surface area (Å²) < 4.78 is 12.8. The van der Waals surface area contributed by atoms with E-state index in [9.17, 15) is 24.1 Å². The van der Waals surface area contributed by atoms with Gasteiger partial charge >= 0.3 is 11.8 Å². The molecule has 0 aromatic heterocycles. The molecular weight excluding hydrogens is 341 g/mol. The second-order valence-electron chi connectivity index (χ2n) is 5.54. The number of nitro groups is 1. The Morgan fingerprint density at radius 2 is 1.81 bits per heavy atom. The Balaban J connectivity index is 1.90. The van der Waals surface area contributed by atoms with E-state index in [4.69, 9.17) is 0 Å². The number of rotatable bonds is 6. The van der Waals surface area contributed by atoms with Crippen molar-refractivity contribution in [1.82, 2.24) is 5.32 Å². The van der Waals surface area contributed by atoms with Crippen LogP contribution in [0.15, 0.2) is 42.5 Å². The molecule has 26 heavy (non-hydrogen) atoms. The van der Waals surface area contributed by atoms with Crippen molar-refractivity contribution in [3.63, 3.8) is 0 Å². The number of nitrogens with zero attached hydrogens (tertiary/aromatic N) is 1.